The number of benzene rings is 1. The zero-order valence-electron chi connectivity index (χ0n) is 9.72. The summed E-state index contributed by atoms with van der Waals surface area (Å²) >= 11 is 1.23. The average molecular weight is 268 g/mol. The van der Waals surface area contributed by atoms with E-state index in [9.17, 15) is 9.50 Å². The molecule has 18 heavy (non-hydrogen) atoms. The number of hydrogen-bond acceptors (Lipinski definition) is 5. The summed E-state index contributed by atoms with van der Waals surface area (Å²) in [5, 5.41) is 19.3. The van der Waals surface area contributed by atoms with Crippen LogP contribution >= 0.6 is 11.3 Å². The molecule has 1 aromatic heterocycles. The number of aromatic nitrogens is 1. The number of aromatic hydroxyl groups is 1. The van der Waals surface area contributed by atoms with Crippen LogP contribution in [0.25, 0.3) is 10.6 Å². The summed E-state index contributed by atoms with van der Waals surface area (Å²) in [6.07, 6.45) is 0.606. The Balaban J connectivity index is 2.39. The van der Waals surface area contributed by atoms with Crippen molar-refractivity contribution in [1.82, 2.24) is 10.5 Å². The minimum Gasteiger partial charge on any atom is -0.492 e. The molecule has 0 saturated carbocycles. The molecule has 2 rings (SSSR count). The Morgan fingerprint density at radius 1 is 1.50 bits per heavy atom. The van der Waals surface area contributed by atoms with Gasteiger partial charge >= 0.3 is 0 Å². The third kappa shape index (κ3) is 2.50. The number of hydrogen-bond donors (Lipinski definition) is 3. The molecule has 2 aromatic rings. The zero-order valence-corrected chi connectivity index (χ0v) is 10.5. The van der Waals surface area contributed by atoms with Gasteiger partial charge in [-0.2, -0.15) is 5.48 Å². The number of nitrogens with one attached hydrogen (secondary N) is 1. The van der Waals surface area contributed by atoms with E-state index in [1.54, 1.807) is 12.1 Å². The maximum atomic E-state index is 13.1. The van der Waals surface area contributed by atoms with E-state index in [-0.39, 0.29) is 17.7 Å². The molecule has 0 aliphatic carbocycles. The highest BCUT2D eigenvalue weighted by Crippen LogP contribution is 2.36. The van der Waals surface area contributed by atoms with Gasteiger partial charge in [0.05, 0.1) is 10.9 Å². The minimum absolute atomic E-state index is 0.132. The van der Waals surface area contributed by atoms with Crippen LogP contribution in [0.1, 0.15) is 24.3 Å². The number of nitrogens with zero attached hydrogens (tertiary/aromatic N) is 1. The van der Waals surface area contributed by atoms with Gasteiger partial charge in [0.25, 0.3) is 0 Å². The first kappa shape index (κ1) is 12.9. The van der Waals surface area contributed by atoms with E-state index >= 15 is 0 Å². The zero-order chi connectivity index (χ0) is 13.1. The van der Waals surface area contributed by atoms with Gasteiger partial charge < -0.3 is 10.3 Å². The standard InChI is InChI=1S/C12H13FN2O2S/c1-2-9(15-17)10-11(16)14-12(18-10)7-4-3-5-8(13)6-7/h3-6,9,15-17H,2H2,1H3. The van der Waals surface area contributed by atoms with Gasteiger partial charge in [0.2, 0.25) is 5.88 Å². The maximum Gasteiger partial charge on any atom is 0.227 e. The fraction of sp³-hybridized carbons (Fsp3) is 0.250. The van der Waals surface area contributed by atoms with Gasteiger partial charge in [-0.05, 0) is 18.6 Å². The van der Waals surface area contributed by atoms with Gasteiger partial charge in [-0.25, -0.2) is 9.37 Å². The summed E-state index contributed by atoms with van der Waals surface area (Å²) in [4.78, 5) is 4.54. The molecule has 1 aromatic carbocycles. The van der Waals surface area contributed by atoms with Gasteiger partial charge in [-0.15, -0.1) is 11.3 Å². The van der Waals surface area contributed by atoms with Crippen molar-refractivity contribution in [2.45, 2.75) is 19.4 Å². The van der Waals surface area contributed by atoms with E-state index in [0.29, 0.717) is 21.9 Å². The number of thiazole rings is 1. The first-order chi connectivity index (χ1) is 8.65. The molecular weight excluding hydrogens is 255 g/mol. The quantitative estimate of drug-likeness (QED) is 0.745. The summed E-state index contributed by atoms with van der Waals surface area (Å²) in [5.41, 5.74) is 2.73. The molecule has 0 saturated heterocycles. The molecule has 1 heterocycles. The Morgan fingerprint density at radius 3 is 2.89 bits per heavy atom. The third-order valence-corrected chi connectivity index (χ3v) is 3.79. The van der Waals surface area contributed by atoms with Crippen molar-refractivity contribution >= 4 is 11.3 Å². The van der Waals surface area contributed by atoms with E-state index in [2.05, 4.69) is 10.5 Å². The highest BCUT2D eigenvalue weighted by Gasteiger charge is 2.19. The Morgan fingerprint density at radius 2 is 2.28 bits per heavy atom. The highest BCUT2D eigenvalue weighted by molar-refractivity contribution is 7.15. The molecule has 0 radical (unpaired) electrons. The molecule has 0 aliphatic heterocycles. The second-order valence-corrected chi connectivity index (χ2v) is 4.84. The molecule has 0 amide bonds. The van der Waals surface area contributed by atoms with Crippen molar-refractivity contribution in [3.8, 4) is 16.5 Å². The average Bonchev–Trinajstić information content (AvgIpc) is 2.74. The predicted octanol–water partition coefficient (Wildman–Crippen LogP) is 3.08. The predicted molar refractivity (Wildman–Crippen MR) is 67.1 cm³/mol. The van der Waals surface area contributed by atoms with Crippen molar-refractivity contribution in [2.24, 2.45) is 0 Å². The van der Waals surface area contributed by atoms with Crippen molar-refractivity contribution in [3.63, 3.8) is 0 Å². The molecule has 1 unspecified atom stereocenters. The second-order valence-electron chi connectivity index (χ2n) is 3.81. The van der Waals surface area contributed by atoms with Crippen molar-refractivity contribution < 1.29 is 14.7 Å². The Kier molecular flexibility index (Phi) is 3.90. The summed E-state index contributed by atoms with van der Waals surface area (Å²) in [6.45, 7) is 1.87. The van der Waals surface area contributed by atoms with Gasteiger partial charge in [0.15, 0.2) is 0 Å². The molecule has 4 nitrogen and oxygen atoms in total. The summed E-state index contributed by atoms with van der Waals surface area (Å²) in [5.74, 6) is -0.483. The van der Waals surface area contributed by atoms with Crippen LogP contribution < -0.4 is 5.48 Å². The van der Waals surface area contributed by atoms with Crippen LogP contribution in [0.3, 0.4) is 0 Å². The molecule has 0 aliphatic rings. The minimum atomic E-state index is -0.371. The molecule has 1 atom stereocenters. The van der Waals surface area contributed by atoms with E-state index in [4.69, 9.17) is 5.21 Å². The van der Waals surface area contributed by atoms with Crippen molar-refractivity contribution in [1.29, 1.82) is 0 Å². The van der Waals surface area contributed by atoms with Crippen LogP contribution in [0, 0.1) is 5.82 Å². The van der Waals surface area contributed by atoms with Crippen LogP contribution in [0.15, 0.2) is 24.3 Å². The topological polar surface area (TPSA) is 65.4 Å². The Hall–Kier alpha value is -1.50. The summed E-state index contributed by atoms with van der Waals surface area (Å²) < 4.78 is 13.1. The molecule has 3 N–H and O–H groups in total. The van der Waals surface area contributed by atoms with Crippen LogP contribution in [0.5, 0.6) is 5.88 Å². The van der Waals surface area contributed by atoms with Gasteiger partial charge in [-0.1, -0.05) is 19.1 Å². The first-order valence-electron chi connectivity index (χ1n) is 5.51. The highest BCUT2D eigenvalue weighted by atomic mass is 32.1. The molecule has 6 heteroatoms. The Bertz CT molecular complexity index is 541. The van der Waals surface area contributed by atoms with Crippen molar-refractivity contribution in [2.75, 3.05) is 0 Å². The molecule has 96 valence electrons. The van der Waals surface area contributed by atoms with Crippen LogP contribution in [0.4, 0.5) is 4.39 Å². The molecule has 0 bridgehead atoms. The van der Waals surface area contributed by atoms with E-state index < -0.39 is 0 Å². The monoisotopic (exact) mass is 268 g/mol. The molecule has 0 fully saturated rings. The van der Waals surface area contributed by atoms with Crippen LogP contribution in [-0.4, -0.2) is 15.3 Å². The van der Waals surface area contributed by atoms with Crippen LogP contribution in [-0.2, 0) is 0 Å². The fourth-order valence-electron chi connectivity index (χ4n) is 1.63. The lowest BCUT2D eigenvalue weighted by Gasteiger charge is -2.09. The fourth-order valence-corrected chi connectivity index (χ4v) is 2.71. The first-order valence-corrected chi connectivity index (χ1v) is 6.32. The van der Waals surface area contributed by atoms with Crippen molar-refractivity contribution in [3.05, 3.63) is 35.0 Å². The SMILES string of the molecule is CCC(NO)c1sc(-c2cccc(F)c2)nc1O. The molecule has 0 spiro atoms. The Labute approximate surface area is 108 Å². The van der Waals surface area contributed by atoms with Gasteiger partial charge in [0, 0.05) is 5.56 Å². The lowest BCUT2D eigenvalue weighted by atomic mass is 10.2. The largest absolute Gasteiger partial charge is 0.492 e. The van der Waals surface area contributed by atoms with E-state index in [1.165, 1.54) is 23.5 Å². The summed E-state index contributed by atoms with van der Waals surface area (Å²) in [7, 11) is 0. The maximum absolute atomic E-state index is 13.1. The lowest BCUT2D eigenvalue weighted by molar-refractivity contribution is 0.124. The smallest absolute Gasteiger partial charge is 0.227 e. The van der Waals surface area contributed by atoms with E-state index in [0.717, 1.165) is 0 Å². The molecular formula is C12H13FN2O2S. The number of halogens is 1. The van der Waals surface area contributed by atoms with Gasteiger partial charge in [-0.3, -0.25) is 0 Å². The normalized spacial score (nSPS) is 12.6. The third-order valence-electron chi connectivity index (χ3n) is 2.59. The van der Waals surface area contributed by atoms with Gasteiger partial charge in [0.1, 0.15) is 10.8 Å². The number of rotatable bonds is 4. The summed E-state index contributed by atoms with van der Waals surface area (Å²) in [6, 6.07) is 5.64. The second kappa shape index (κ2) is 5.43. The van der Waals surface area contributed by atoms with E-state index in [1.807, 2.05) is 6.92 Å². The van der Waals surface area contributed by atoms with Crippen LogP contribution in [0.2, 0.25) is 0 Å². The lowest BCUT2D eigenvalue weighted by Crippen LogP contribution is -2.14. The number of hydroxylamine groups is 1.